The van der Waals surface area contributed by atoms with Crippen molar-refractivity contribution < 1.29 is 0 Å². The third-order valence-electron chi connectivity index (χ3n) is 2.18. The second-order valence-corrected chi connectivity index (χ2v) is 4.36. The monoisotopic (exact) mass is 219 g/mol. The summed E-state index contributed by atoms with van der Waals surface area (Å²) in [4.78, 5) is 5.52. The van der Waals surface area contributed by atoms with Gasteiger partial charge in [-0.3, -0.25) is 0 Å². The van der Waals surface area contributed by atoms with Crippen LogP contribution in [0.5, 0.6) is 0 Å². The molecule has 0 radical (unpaired) electrons. The van der Waals surface area contributed by atoms with E-state index in [4.69, 9.17) is 5.73 Å². The van der Waals surface area contributed by atoms with Gasteiger partial charge in [-0.2, -0.15) is 0 Å². The largest absolute Gasteiger partial charge is 0.397 e. The van der Waals surface area contributed by atoms with Gasteiger partial charge in [-0.15, -0.1) is 11.3 Å². The summed E-state index contributed by atoms with van der Waals surface area (Å²) in [5.74, 6) is 0.858. The van der Waals surface area contributed by atoms with Crippen molar-refractivity contribution in [3.05, 3.63) is 40.2 Å². The lowest BCUT2D eigenvalue weighted by Gasteiger charge is -2.04. The van der Waals surface area contributed by atoms with E-state index in [1.807, 2.05) is 12.1 Å². The lowest BCUT2D eigenvalue weighted by atomic mass is 10.3. The quantitative estimate of drug-likeness (QED) is 0.834. The molecule has 4 heteroatoms. The molecule has 0 aromatic carbocycles. The second-order valence-electron chi connectivity index (χ2n) is 3.36. The number of nitrogens with one attached hydrogen (secondary N) is 1. The van der Waals surface area contributed by atoms with Crippen LogP contribution in [-0.2, 0) is 6.54 Å². The normalized spacial score (nSPS) is 10.2. The molecule has 2 aromatic rings. The van der Waals surface area contributed by atoms with Crippen LogP contribution in [0.4, 0.5) is 11.5 Å². The SMILES string of the molecule is Cc1ccsc1CNc1ccc(N)cn1. The minimum Gasteiger partial charge on any atom is -0.397 e. The molecule has 0 aliphatic heterocycles. The van der Waals surface area contributed by atoms with E-state index in [9.17, 15) is 0 Å². The summed E-state index contributed by atoms with van der Waals surface area (Å²) in [5, 5.41) is 5.36. The van der Waals surface area contributed by atoms with Crippen LogP contribution in [0.1, 0.15) is 10.4 Å². The first-order valence-electron chi connectivity index (χ1n) is 4.74. The molecule has 0 aliphatic rings. The van der Waals surface area contributed by atoms with Crippen molar-refractivity contribution in [3.8, 4) is 0 Å². The number of aromatic nitrogens is 1. The third kappa shape index (κ3) is 2.47. The van der Waals surface area contributed by atoms with Crippen molar-refractivity contribution in [1.82, 2.24) is 4.98 Å². The molecular weight excluding hydrogens is 206 g/mol. The summed E-state index contributed by atoms with van der Waals surface area (Å²) >= 11 is 1.76. The zero-order valence-electron chi connectivity index (χ0n) is 8.53. The van der Waals surface area contributed by atoms with Gasteiger partial charge in [0.1, 0.15) is 5.82 Å². The van der Waals surface area contributed by atoms with Crippen molar-refractivity contribution in [3.63, 3.8) is 0 Å². The number of thiophene rings is 1. The lowest BCUT2D eigenvalue weighted by Crippen LogP contribution is -2.00. The van der Waals surface area contributed by atoms with Crippen LogP contribution in [0, 0.1) is 6.92 Å². The summed E-state index contributed by atoms with van der Waals surface area (Å²) in [7, 11) is 0. The summed E-state index contributed by atoms with van der Waals surface area (Å²) in [5.41, 5.74) is 7.56. The number of nitrogen functional groups attached to an aromatic ring is 1. The Hall–Kier alpha value is -1.55. The number of pyridine rings is 1. The van der Waals surface area contributed by atoms with Gasteiger partial charge >= 0.3 is 0 Å². The Morgan fingerprint density at radius 3 is 2.87 bits per heavy atom. The van der Waals surface area contributed by atoms with Gasteiger partial charge in [0.05, 0.1) is 18.4 Å². The first-order chi connectivity index (χ1) is 7.25. The van der Waals surface area contributed by atoms with Gasteiger partial charge in [-0.05, 0) is 36.1 Å². The van der Waals surface area contributed by atoms with E-state index in [0.29, 0.717) is 5.69 Å². The highest BCUT2D eigenvalue weighted by Gasteiger charge is 1.99. The van der Waals surface area contributed by atoms with Crippen molar-refractivity contribution in [1.29, 1.82) is 0 Å². The molecule has 0 bridgehead atoms. The van der Waals surface area contributed by atoms with Gasteiger partial charge in [0.2, 0.25) is 0 Å². The van der Waals surface area contributed by atoms with Crippen LogP contribution in [0.15, 0.2) is 29.8 Å². The maximum atomic E-state index is 5.55. The van der Waals surface area contributed by atoms with Gasteiger partial charge in [0.15, 0.2) is 0 Å². The highest BCUT2D eigenvalue weighted by molar-refractivity contribution is 7.10. The van der Waals surface area contributed by atoms with Gasteiger partial charge in [-0.1, -0.05) is 0 Å². The lowest BCUT2D eigenvalue weighted by molar-refractivity contribution is 1.13. The van der Waals surface area contributed by atoms with Crippen LogP contribution >= 0.6 is 11.3 Å². The number of hydrogen-bond acceptors (Lipinski definition) is 4. The van der Waals surface area contributed by atoms with Crippen LogP contribution < -0.4 is 11.1 Å². The van der Waals surface area contributed by atoms with Gasteiger partial charge in [0, 0.05) is 4.88 Å². The molecule has 2 aromatic heterocycles. The van der Waals surface area contributed by atoms with E-state index in [2.05, 4.69) is 28.7 Å². The fourth-order valence-corrected chi connectivity index (χ4v) is 2.11. The molecule has 78 valence electrons. The molecule has 0 saturated carbocycles. The van der Waals surface area contributed by atoms with Crippen molar-refractivity contribution >= 4 is 22.8 Å². The van der Waals surface area contributed by atoms with Gasteiger partial charge < -0.3 is 11.1 Å². The van der Waals surface area contributed by atoms with E-state index in [0.717, 1.165) is 12.4 Å². The summed E-state index contributed by atoms with van der Waals surface area (Å²) in [6, 6.07) is 5.85. The molecule has 0 aliphatic carbocycles. The van der Waals surface area contributed by atoms with Crippen LogP contribution in [0.3, 0.4) is 0 Å². The predicted octanol–water partition coefficient (Wildman–Crippen LogP) is 2.65. The number of aryl methyl sites for hydroxylation is 1. The zero-order chi connectivity index (χ0) is 10.7. The van der Waals surface area contributed by atoms with Gasteiger partial charge in [-0.25, -0.2) is 4.98 Å². The molecular formula is C11H13N3S. The van der Waals surface area contributed by atoms with Gasteiger partial charge in [0.25, 0.3) is 0 Å². The Morgan fingerprint density at radius 2 is 2.27 bits per heavy atom. The summed E-state index contributed by atoms with van der Waals surface area (Å²) in [6.07, 6.45) is 1.66. The molecule has 3 N–H and O–H groups in total. The van der Waals surface area contributed by atoms with E-state index >= 15 is 0 Å². The number of nitrogens with two attached hydrogens (primary N) is 1. The molecule has 0 spiro atoms. The number of anilines is 2. The average Bonchev–Trinajstić information content (AvgIpc) is 2.63. The molecule has 0 atom stereocenters. The summed E-state index contributed by atoms with van der Waals surface area (Å²) in [6.45, 7) is 2.93. The first kappa shape index (κ1) is 9.98. The Balaban J connectivity index is 1.99. The van der Waals surface area contributed by atoms with E-state index in [1.165, 1.54) is 10.4 Å². The number of nitrogens with zero attached hydrogens (tertiary/aromatic N) is 1. The van der Waals surface area contributed by atoms with E-state index in [-0.39, 0.29) is 0 Å². The Kier molecular flexibility index (Phi) is 2.87. The number of hydrogen-bond donors (Lipinski definition) is 2. The van der Waals surface area contributed by atoms with Crippen LogP contribution in [-0.4, -0.2) is 4.98 Å². The van der Waals surface area contributed by atoms with Crippen molar-refractivity contribution in [2.24, 2.45) is 0 Å². The first-order valence-corrected chi connectivity index (χ1v) is 5.62. The van der Waals surface area contributed by atoms with Crippen LogP contribution in [0.25, 0.3) is 0 Å². The zero-order valence-corrected chi connectivity index (χ0v) is 9.34. The topological polar surface area (TPSA) is 50.9 Å². The molecule has 0 amide bonds. The fourth-order valence-electron chi connectivity index (χ4n) is 1.27. The smallest absolute Gasteiger partial charge is 0.126 e. The molecule has 0 fully saturated rings. The Labute approximate surface area is 93.0 Å². The fraction of sp³-hybridized carbons (Fsp3) is 0.182. The standard InChI is InChI=1S/C11H13N3S/c1-8-4-5-15-10(8)7-14-11-3-2-9(12)6-13-11/h2-6H,7,12H2,1H3,(H,13,14). The Morgan fingerprint density at radius 1 is 1.40 bits per heavy atom. The molecule has 15 heavy (non-hydrogen) atoms. The molecule has 2 heterocycles. The average molecular weight is 219 g/mol. The third-order valence-corrected chi connectivity index (χ3v) is 3.21. The van der Waals surface area contributed by atoms with Crippen LogP contribution in [0.2, 0.25) is 0 Å². The number of rotatable bonds is 3. The highest BCUT2D eigenvalue weighted by Crippen LogP contribution is 2.17. The Bertz CT molecular complexity index is 433. The molecule has 0 unspecified atom stereocenters. The van der Waals surface area contributed by atoms with Crippen molar-refractivity contribution in [2.45, 2.75) is 13.5 Å². The van der Waals surface area contributed by atoms with E-state index < -0.39 is 0 Å². The maximum absolute atomic E-state index is 5.55. The predicted molar refractivity (Wildman–Crippen MR) is 65.0 cm³/mol. The van der Waals surface area contributed by atoms with Crippen molar-refractivity contribution in [2.75, 3.05) is 11.1 Å². The molecule has 0 saturated heterocycles. The van der Waals surface area contributed by atoms with E-state index in [1.54, 1.807) is 17.5 Å². The molecule has 2 rings (SSSR count). The minimum absolute atomic E-state index is 0.688. The second kappa shape index (κ2) is 4.31. The molecule has 3 nitrogen and oxygen atoms in total. The maximum Gasteiger partial charge on any atom is 0.126 e. The minimum atomic E-state index is 0.688. The highest BCUT2D eigenvalue weighted by atomic mass is 32.1. The summed E-state index contributed by atoms with van der Waals surface area (Å²) < 4.78 is 0.